The normalized spacial score (nSPS) is 11.9. The third-order valence-electron chi connectivity index (χ3n) is 1.95. The van der Waals surface area contributed by atoms with Crippen LogP contribution < -0.4 is 5.73 Å². The maximum absolute atomic E-state index is 11.1. The van der Waals surface area contributed by atoms with Crippen molar-refractivity contribution in [2.75, 3.05) is 19.8 Å². The van der Waals surface area contributed by atoms with Gasteiger partial charge in [0.2, 0.25) is 5.91 Å². The van der Waals surface area contributed by atoms with Crippen LogP contribution >= 0.6 is 0 Å². The van der Waals surface area contributed by atoms with Gasteiger partial charge in [0.15, 0.2) is 5.78 Å². The van der Waals surface area contributed by atoms with Gasteiger partial charge in [0.1, 0.15) is 0 Å². The lowest BCUT2D eigenvalue weighted by molar-refractivity contribution is -0.118. The number of nitrogens with zero attached hydrogens (tertiary/aromatic N) is 1. The molecule has 1 atom stereocenters. The number of amides is 1. The fourth-order valence-electron chi connectivity index (χ4n) is 1.11. The van der Waals surface area contributed by atoms with E-state index in [9.17, 15) is 18.0 Å². The molecular weight excluding hydrogens is 284 g/mol. The van der Waals surface area contributed by atoms with Crippen molar-refractivity contribution in [1.82, 2.24) is 4.90 Å². The van der Waals surface area contributed by atoms with Crippen LogP contribution in [-0.2, 0) is 19.7 Å². The van der Waals surface area contributed by atoms with Crippen LogP contribution in [0.2, 0.25) is 0 Å². The van der Waals surface area contributed by atoms with Crippen LogP contribution in [0.3, 0.4) is 0 Å². The van der Waals surface area contributed by atoms with E-state index in [1.54, 1.807) is 14.1 Å². The first-order valence-corrected chi connectivity index (χ1v) is 7.23. The van der Waals surface area contributed by atoms with Gasteiger partial charge in [-0.05, 0) is 34.0 Å². The van der Waals surface area contributed by atoms with E-state index in [1.165, 1.54) is 11.0 Å². The van der Waals surface area contributed by atoms with E-state index in [2.05, 4.69) is 6.58 Å². The Balaban J connectivity index is 0. The second-order valence-electron chi connectivity index (χ2n) is 4.46. The standard InChI is InChI=1S/C7H13NO4S.C5H9NO/c1-4-7(9)6(8(2)3)5-13(10,11)12;1-4(2)3-5(6)7/h4,6H,1,5H2,2-3H3,(H,10,11,12);3H,1-2H3,(H2,6,7). The molecule has 0 saturated carbocycles. The zero-order chi connectivity index (χ0) is 16.5. The molecule has 0 radical (unpaired) electrons. The lowest BCUT2D eigenvalue weighted by atomic mass is 10.2. The zero-order valence-corrected chi connectivity index (χ0v) is 13.0. The fraction of sp³-hybridized carbons (Fsp3) is 0.500. The molecule has 0 aromatic heterocycles. The van der Waals surface area contributed by atoms with Gasteiger partial charge in [0, 0.05) is 6.08 Å². The van der Waals surface area contributed by atoms with Gasteiger partial charge in [0.25, 0.3) is 10.1 Å². The van der Waals surface area contributed by atoms with Crippen LogP contribution in [0.1, 0.15) is 13.8 Å². The summed E-state index contributed by atoms with van der Waals surface area (Å²) in [5.41, 5.74) is 5.72. The van der Waals surface area contributed by atoms with Gasteiger partial charge < -0.3 is 5.73 Å². The third kappa shape index (κ3) is 12.9. The highest BCUT2D eigenvalue weighted by atomic mass is 32.2. The molecule has 1 amide bonds. The van der Waals surface area contributed by atoms with Crippen molar-refractivity contribution >= 4 is 21.8 Å². The number of allylic oxidation sites excluding steroid dienone is 1. The number of primary amides is 1. The maximum atomic E-state index is 11.1. The number of carbonyl (C=O) groups is 2. The Bertz CT molecular complexity index is 476. The van der Waals surface area contributed by atoms with Gasteiger partial charge in [-0.1, -0.05) is 12.2 Å². The highest BCUT2D eigenvalue weighted by molar-refractivity contribution is 7.85. The van der Waals surface area contributed by atoms with E-state index >= 15 is 0 Å². The van der Waals surface area contributed by atoms with Crippen molar-refractivity contribution < 1.29 is 22.6 Å². The smallest absolute Gasteiger partial charge is 0.266 e. The van der Waals surface area contributed by atoms with Crippen molar-refractivity contribution in [2.45, 2.75) is 19.9 Å². The molecule has 7 nitrogen and oxygen atoms in total. The molecule has 0 bridgehead atoms. The Hall–Kier alpha value is -1.51. The van der Waals surface area contributed by atoms with Crippen molar-refractivity contribution in [3.63, 3.8) is 0 Å². The molecule has 0 rings (SSSR count). The quantitative estimate of drug-likeness (QED) is 0.526. The molecule has 0 aromatic carbocycles. The highest BCUT2D eigenvalue weighted by Crippen LogP contribution is 2.00. The van der Waals surface area contributed by atoms with Gasteiger partial charge in [-0.15, -0.1) is 0 Å². The first kappa shape index (κ1) is 20.8. The molecular formula is C12H22N2O5S. The van der Waals surface area contributed by atoms with E-state index in [4.69, 9.17) is 10.3 Å². The number of nitrogens with two attached hydrogens (primary N) is 1. The summed E-state index contributed by atoms with van der Waals surface area (Å²) in [7, 11) is -1.03. The molecule has 0 fully saturated rings. The number of hydrogen-bond acceptors (Lipinski definition) is 5. The minimum Gasteiger partial charge on any atom is -0.366 e. The number of ketones is 1. The van der Waals surface area contributed by atoms with E-state index in [0.717, 1.165) is 11.6 Å². The summed E-state index contributed by atoms with van der Waals surface area (Å²) in [4.78, 5) is 22.5. The van der Waals surface area contributed by atoms with Gasteiger partial charge in [-0.25, -0.2) is 0 Å². The van der Waals surface area contributed by atoms with Crippen LogP contribution in [-0.4, -0.2) is 55.5 Å². The first-order chi connectivity index (χ1) is 8.90. The van der Waals surface area contributed by atoms with Gasteiger partial charge >= 0.3 is 0 Å². The second kappa shape index (κ2) is 9.40. The van der Waals surface area contributed by atoms with Crippen molar-refractivity contribution in [3.05, 3.63) is 24.3 Å². The average Bonchev–Trinajstić information content (AvgIpc) is 2.22. The SMILES string of the molecule is C=CC(=O)C(CS(=O)(=O)O)N(C)C.CC(C)=CC(N)=O. The molecule has 116 valence electrons. The Labute approximate surface area is 119 Å². The van der Waals surface area contributed by atoms with Gasteiger partial charge in [0.05, 0.1) is 11.8 Å². The predicted octanol–water partition coefficient (Wildman–Crippen LogP) is -0.00260. The summed E-state index contributed by atoms with van der Waals surface area (Å²) in [6.07, 6.45) is 2.43. The van der Waals surface area contributed by atoms with Gasteiger partial charge in [-0.2, -0.15) is 8.42 Å². The van der Waals surface area contributed by atoms with Crippen LogP contribution in [0.25, 0.3) is 0 Å². The summed E-state index contributed by atoms with van der Waals surface area (Å²) in [6.45, 7) is 6.89. The first-order valence-electron chi connectivity index (χ1n) is 5.63. The van der Waals surface area contributed by atoms with Crippen molar-refractivity contribution in [1.29, 1.82) is 0 Å². The molecule has 0 aromatic rings. The summed E-state index contributed by atoms with van der Waals surface area (Å²) in [6, 6.07) is -0.868. The zero-order valence-electron chi connectivity index (χ0n) is 12.2. The van der Waals surface area contributed by atoms with Gasteiger partial charge in [-0.3, -0.25) is 19.0 Å². The summed E-state index contributed by atoms with van der Waals surface area (Å²) < 4.78 is 29.6. The van der Waals surface area contributed by atoms with Crippen molar-refractivity contribution in [3.8, 4) is 0 Å². The number of rotatable bonds is 6. The minimum atomic E-state index is -4.13. The van der Waals surface area contributed by atoms with E-state index < -0.39 is 27.7 Å². The van der Waals surface area contributed by atoms with Crippen molar-refractivity contribution in [2.24, 2.45) is 5.73 Å². The second-order valence-corrected chi connectivity index (χ2v) is 5.96. The topological polar surface area (TPSA) is 118 Å². The molecule has 0 aliphatic heterocycles. The average molecular weight is 306 g/mol. The maximum Gasteiger partial charge on any atom is 0.266 e. The molecule has 20 heavy (non-hydrogen) atoms. The molecule has 0 saturated heterocycles. The van der Waals surface area contributed by atoms with Crippen LogP contribution in [0, 0.1) is 0 Å². The van der Waals surface area contributed by atoms with E-state index in [0.29, 0.717) is 0 Å². The summed E-state index contributed by atoms with van der Waals surface area (Å²) in [5, 5.41) is 0. The summed E-state index contributed by atoms with van der Waals surface area (Å²) in [5.74, 6) is -1.41. The lowest BCUT2D eigenvalue weighted by Crippen LogP contribution is -2.40. The van der Waals surface area contributed by atoms with E-state index in [-0.39, 0.29) is 5.91 Å². The van der Waals surface area contributed by atoms with E-state index in [1.807, 2.05) is 13.8 Å². The molecule has 0 heterocycles. The predicted molar refractivity (Wildman–Crippen MR) is 77.7 cm³/mol. The Kier molecular flexibility index (Phi) is 9.78. The Morgan fingerprint density at radius 1 is 1.35 bits per heavy atom. The van der Waals surface area contributed by atoms with Crippen LogP contribution in [0.5, 0.6) is 0 Å². The lowest BCUT2D eigenvalue weighted by Gasteiger charge is -2.19. The Morgan fingerprint density at radius 3 is 1.95 bits per heavy atom. The third-order valence-corrected chi connectivity index (χ3v) is 2.69. The molecule has 0 aliphatic carbocycles. The van der Waals surface area contributed by atoms with Crippen LogP contribution in [0.4, 0.5) is 0 Å². The molecule has 8 heteroatoms. The Morgan fingerprint density at radius 2 is 1.80 bits per heavy atom. The number of likely N-dealkylation sites (N-methyl/N-ethyl adjacent to an activating group) is 1. The molecule has 1 unspecified atom stereocenters. The number of hydrogen-bond donors (Lipinski definition) is 2. The summed E-state index contributed by atoms with van der Waals surface area (Å²) >= 11 is 0. The minimum absolute atomic E-state index is 0.375. The largest absolute Gasteiger partial charge is 0.366 e. The molecule has 0 aliphatic rings. The molecule has 0 spiro atoms. The highest BCUT2D eigenvalue weighted by Gasteiger charge is 2.23. The fourth-order valence-corrected chi connectivity index (χ4v) is 1.97. The number of carbonyl (C=O) groups excluding carboxylic acids is 2. The van der Waals surface area contributed by atoms with Crippen LogP contribution in [0.15, 0.2) is 24.3 Å². The monoisotopic (exact) mass is 306 g/mol. The molecule has 3 N–H and O–H groups in total.